The molecule has 5 rings (SSSR count). The van der Waals surface area contributed by atoms with Gasteiger partial charge in [-0.05, 0) is 44.2 Å². The predicted molar refractivity (Wildman–Crippen MR) is 126 cm³/mol. The lowest BCUT2D eigenvalue weighted by Gasteiger charge is -2.34. The Morgan fingerprint density at radius 2 is 1.89 bits per heavy atom. The van der Waals surface area contributed by atoms with E-state index < -0.39 is 11.7 Å². The Morgan fingerprint density at radius 3 is 2.59 bits per heavy atom. The van der Waals surface area contributed by atoms with Gasteiger partial charge in [0.1, 0.15) is 6.26 Å². The molecule has 0 bridgehead atoms. The van der Waals surface area contributed by atoms with Crippen LogP contribution in [-0.4, -0.2) is 55.9 Å². The number of hydrogen-bond acceptors (Lipinski definition) is 8. The van der Waals surface area contributed by atoms with Crippen molar-refractivity contribution in [1.29, 1.82) is 0 Å². The summed E-state index contributed by atoms with van der Waals surface area (Å²) in [6.07, 6.45) is -1.94. The summed E-state index contributed by atoms with van der Waals surface area (Å²) in [6, 6.07) is 8.15. The standard InChI is InChI=1S/C24H22F3N5O4S/c1-14-10-31(11-15(2)36-14)22(33)18-12-35-20(28-18)13-37-23-30-29-21(19-7-4-8-34-19)32(23)17-6-3-5-16(9-17)24(25,26)27/h3-9,12,14-15H,10-11,13H2,1-2H3. The molecule has 4 heterocycles. The van der Waals surface area contributed by atoms with Crippen molar-refractivity contribution in [3.8, 4) is 17.3 Å². The van der Waals surface area contributed by atoms with Crippen LogP contribution >= 0.6 is 11.8 Å². The molecule has 0 aliphatic carbocycles. The lowest BCUT2D eigenvalue weighted by Crippen LogP contribution is -2.48. The highest BCUT2D eigenvalue weighted by molar-refractivity contribution is 7.98. The third-order valence-electron chi connectivity index (χ3n) is 5.61. The van der Waals surface area contributed by atoms with E-state index in [0.717, 1.165) is 23.9 Å². The van der Waals surface area contributed by atoms with Gasteiger partial charge in [0.25, 0.3) is 5.91 Å². The summed E-state index contributed by atoms with van der Waals surface area (Å²) < 4.78 is 58.2. The normalized spacial score (nSPS) is 18.4. The molecule has 4 aromatic rings. The quantitative estimate of drug-likeness (QED) is 0.317. The second-order valence-electron chi connectivity index (χ2n) is 8.55. The Bertz CT molecular complexity index is 1380. The molecular weight excluding hydrogens is 511 g/mol. The van der Waals surface area contributed by atoms with E-state index in [1.807, 2.05) is 13.8 Å². The maximum atomic E-state index is 13.4. The van der Waals surface area contributed by atoms with Crippen molar-refractivity contribution in [2.75, 3.05) is 13.1 Å². The monoisotopic (exact) mass is 533 g/mol. The highest BCUT2D eigenvalue weighted by atomic mass is 32.2. The number of oxazole rings is 1. The lowest BCUT2D eigenvalue weighted by molar-refractivity contribution is -0.137. The minimum atomic E-state index is -4.51. The van der Waals surface area contributed by atoms with Gasteiger partial charge < -0.3 is 18.5 Å². The van der Waals surface area contributed by atoms with Crippen LogP contribution in [0.25, 0.3) is 17.3 Å². The molecule has 1 aliphatic heterocycles. The number of carbonyl (C=O) groups is 1. The van der Waals surface area contributed by atoms with Crippen molar-refractivity contribution in [1.82, 2.24) is 24.6 Å². The van der Waals surface area contributed by atoms with E-state index in [1.54, 1.807) is 17.0 Å². The Kier molecular flexibility index (Phi) is 6.82. The van der Waals surface area contributed by atoms with Crippen molar-refractivity contribution in [3.63, 3.8) is 0 Å². The Balaban J connectivity index is 1.38. The van der Waals surface area contributed by atoms with Gasteiger partial charge in [-0.15, -0.1) is 10.2 Å². The zero-order valence-electron chi connectivity index (χ0n) is 19.8. The number of halogens is 3. The average Bonchev–Trinajstić information content (AvgIpc) is 3.62. The number of alkyl halides is 3. The molecule has 2 atom stereocenters. The number of ether oxygens (including phenoxy) is 1. The summed E-state index contributed by atoms with van der Waals surface area (Å²) in [6.45, 7) is 4.71. The van der Waals surface area contributed by atoms with Gasteiger partial charge in [-0.25, -0.2) is 4.98 Å². The van der Waals surface area contributed by atoms with E-state index in [9.17, 15) is 18.0 Å². The van der Waals surface area contributed by atoms with E-state index in [1.165, 1.54) is 29.2 Å². The number of hydrogen-bond donors (Lipinski definition) is 0. The van der Waals surface area contributed by atoms with Crippen LogP contribution in [0.1, 0.15) is 35.8 Å². The van der Waals surface area contributed by atoms with Crippen LogP contribution in [0.5, 0.6) is 0 Å². The first-order valence-corrected chi connectivity index (χ1v) is 12.4. The van der Waals surface area contributed by atoms with E-state index in [2.05, 4.69) is 15.2 Å². The van der Waals surface area contributed by atoms with Crippen molar-refractivity contribution in [3.05, 3.63) is 66.1 Å². The fourth-order valence-electron chi connectivity index (χ4n) is 4.09. The highest BCUT2D eigenvalue weighted by Crippen LogP contribution is 2.34. The summed E-state index contributed by atoms with van der Waals surface area (Å²) in [4.78, 5) is 18.9. The summed E-state index contributed by atoms with van der Waals surface area (Å²) in [5, 5.41) is 8.60. The third kappa shape index (κ3) is 5.42. The molecule has 37 heavy (non-hydrogen) atoms. The van der Waals surface area contributed by atoms with Gasteiger partial charge in [0, 0.05) is 13.1 Å². The summed E-state index contributed by atoms with van der Waals surface area (Å²) in [7, 11) is 0. The SMILES string of the molecule is CC1CN(C(=O)c2coc(CSc3nnc(-c4ccco4)n3-c3cccc(C(F)(F)F)c3)n2)CC(C)O1. The van der Waals surface area contributed by atoms with Crippen LogP contribution in [0, 0.1) is 0 Å². The van der Waals surface area contributed by atoms with Gasteiger partial charge in [0.2, 0.25) is 11.7 Å². The Labute approximate surface area is 213 Å². The molecule has 1 aromatic carbocycles. The fourth-order valence-corrected chi connectivity index (χ4v) is 4.90. The second-order valence-corrected chi connectivity index (χ2v) is 9.49. The molecule has 194 valence electrons. The summed E-state index contributed by atoms with van der Waals surface area (Å²) >= 11 is 1.15. The van der Waals surface area contributed by atoms with Crippen molar-refractivity contribution < 1.29 is 31.5 Å². The van der Waals surface area contributed by atoms with E-state index >= 15 is 0 Å². The third-order valence-corrected chi connectivity index (χ3v) is 6.52. The van der Waals surface area contributed by atoms with E-state index in [0.29, 0.717) is 24.0 Å². The van der Waals surface area contributed by atoms with Crippen molar-refractivity contribution in [2.45, 2.75) is 43.1 Å². The second kappa shape index (κ2) is 10.1. The number of nitrogens with zero attached hydrogens (tertiary/aromatic N) is 5. The molecule has 0 spiro atoms. The van der Waals surface area contributed by atoms with Crippen molar-refractivity contribution in [2.24, 2.45) is 0 Å². The van der Waals surface area contributed by atoms with E-state index in [-0.39, 0.29) is 47.0 Å². The molecule has 0 N–H and O–H groups in total. The molecule has 2 unspecified atom stereocenters. The largest absolute Gasteiger partial charge is 0.461 e. The van der Waals surface area contributed by atoms with E-state index in [4.69, 9.17) is 13.6 Å². The van der Waals surface area contributed by atoms with Gasteiger partial charge >= 0.3 is 6.18 Å². The Hall–Kier alpha value is -3.58. The molecule has 1 amide bonds. The minimum absolute atomic E-state index is 0.0832. The molecule has 0 radical (unpaired) electrons. The number of morpholine rings is 1. The first kappa shape index (κ1) is 25.1. The van der Waals surface area contributed by atoms with Crippen LogP contribution in [-0.2, 0) is 16.7 Å². The molecule has 3 aromatic heterocycles. The molecule has 9 nitrogen and oxygen atoms in total. The number of furan rings is 1. The zero-order chi connectivity index (χ0) is 26.2. The van der Waals surface area contributed by atoms with Gasteiger partial charge in [-0.1, -0.05) is 17.8 Å². The summed E-state index contributed by atoms with van der Waals surface area (Å²) in [5.41, 5.74) is -0.414. The number of amides is 1. The summed E-state index contributed by atoms with van der Waals surface area (Å²) in [5.74, 6) is 0.758. The van der Waals surface area contributed by atoms with Gasteiger partial charge in [0.05, 0.1) is 35.5 Å². The molecule has 1 saturated heterocycles. The lowest BCUT2D eigenvalue weighted by atomic mass is 10.2. The molecule has 1 aliphatic rings. The van der Waals surface area contributed by atoms with Crippen LogP contribution < -0.4 is 0 Å². The first-order valence-electron chi connectivity index (χ1n) is 11.4. The zero-order valence-corrected chi connectivity index (χ0v) is 20.6. The minimum Gasteiger partial charge on any atom is -0.461 e. The van der Waals surface area contributed by atoms with Gasteiger partial charge in [0.15, 0.2) is 16.6 Å². The highest BCUT2D eigenvalue weighted by Gasteiger charge is 2.31. The molecule has 0 saturated carbocycles. The van der Waals surface area contributed by atoms with Crippen LogP contribution in [0.4, 0.5) is 13.2 Å². The molecular formula is C24H22F3N5O4S. The smallest absolute Gasteiger partial charge is 0.416 e. The van der Waals surface area contributed by atoms with Crippen LogP contribution in [0.3, 0.4) is 0 Å². The number of thioether (sulfide) groups is 1. The van der Waals surface area contributed by atoms with Gasteiger partial charge in [-0.3, -0.25) is 9.36 Å². The predicted octanol–water partition coefficient (Wildman–Crippen LogP) is 5.08. The fraction of sp³-hybridized carbons (Fsp3) is 0.333. The first-order chi connectivity index (χ1) is 17.7. The topological polar surface area (TPSA) is 99.4 Å². The van der Waals surface area contributed by atoms with Gasteiger partial charge in [-0.2, -0.15) is 13.2 Å². The number of aromatic nitrogens is 4. The van der Waals surface area contributed by atoms with Crippen LogP contribution in [0.2, 0.25) is 0 Å². The van der Waals surface area contributed by atoms with Crippen molar-refractivity contribution >= 4 is 17.7 Å². The number of carbonyl (C=O) groups excluding carboxylic acids is 1. The average molecular weight is 534 g/mol. The Morgan fingerprint density at radius 1 is 1.11 bits per heavy atom. The molecule has 1 fully saturated rings. The number of rotatable bonds is 6. The maximum absolute atomic E-state index is 13.4. The molecule has 13 heteroatoms. The number of benzene rings is 1. The van der Waals surface area contributed by atoms with Crippen LogP contribution in [0.15, 0.2) is 62.9 Å². The maximum Gasteiger partial charge on any atom is 0.416 e.